The van der Waals surface area contributed by atoms with Gasteiger partial charge in [0.15, 0.2) is 0 Å². The summed E-state index contributed by atoms with van der Waals surface area (Å²) in [6.45, 7) is 5.41. The molecule has 0 unspecified atom stereocenters. The Labute approximate surface area is 150 Å². The highest BCUT2D eigenvalue weighted by Gasteiger charge is 2.24. The summed E-state index contributed by atoms with van der Waals surface area (Å²) in [7, 11) is 1.81. The Kier molecular flexibility index (Phi) is 6.53. The normalized spacial score (nSPS) is 21.1. The Morgan fingerprint density at radius 1 is 1.28 bits per heavy atom. The van der Waals surface area contributed by atoms with Gasteiger partial charge in [-0.05, 0) is 56.6 Å². The number of amides is 2. The average molecular weight is 347 g/mol. The maximum absolute atomic E-state index is 12.3. The van der Waals surface area contributed by atoms with Crippen molar-refractivity contribution in [3.63, 3.8) is 0 Å². The number of piperidine rings is 1. The number of carbonyl (C=O) groups excluding carboxylic acids is 1. The third-order valence-electron chi connectivity index (χ3n) is 5.00. The van der Waals surface area contributed by atoms with Gasteiger partial charge in [-0.15, -0.1) is 0 Å². The fourth-order valence-electron chi connectivity index (χ4n) is 3.32. The summed E-state index contributed by atoms with van der Waals surface area (Å²) >= 11 is 0. The number of ether oxygens (including phenoxy) is 2. The fourth-order valence-corrected chi connectivity index (χ4v) is 3.32. The molecule has 2 saturated heterocycles. The first kappa shape index (κ1) is 18.0. The lowest BCUT2D eigenvalue weighted by Crippen LogP contribution is -2.40. The van der Waals surface area contributed by atoms with Gasteiger partial charge in [-0.2, -0.15) is 0 Å². The quantitative estimate of drug-likeness (QED) is 0.860. The number of anilines is 1. The summed E-state index contributed by atoms with van der Waals surface area (Å²) in [5.41, 5.74) is 0.777. The van der Waals surface area contributed by atoms with Crippen molar-refractivity contribution in [1.29, 1.82) is 0 Å². The summed E-state index contributed by atoms with van der Waals surface area (Å²) in [6.07, 6.45) is 4.85. The summed E-state index contributed by atoms with van der Waals surface area (Å²) in [4.78, 5) is 16.4. The number of urea groups is 1. The number of hydrogen-bond acceptors (Lipinski definition) is 4. The highest BCUT2D eigenvalue weighted by molar-refractivity contribution is 5.89. The van der Waals surface area contributed by atoms with Gasteiger partial charge in [-0.3, -0.25) is 4.90 Å². The molecule has 6 nitrogen and oxygen atoms in total. The molecule has 2 fully saturated rings. The number of benzene rings is 1. The van der Waals surface area contributed by atoms with Crippen LogP contribution in [0, 0.1) is 0 Å². The van der Waals surface area contributed by atoms with Crippen molar-refractivity contribution >= 4 is 11.7 Å². The van der Waals surface area contributed by atoms with E-state index in [2.05, 4.69) is 10.2 Å². The summed E-state index contributed by atoms with van der Waals surface area (Å²) in [5, 5.41) is 2.92. The Hall–Kier alpha value is -1.79. The minimum absolute atomic E-state index is 0.103. The van der Waals surface area contributed by atoms with Gasteiger partial charge in [0, 0.05) is 25.9 Å². The SMILES string of the molecule is CN(C(=O)Nc1ccc(OCCN2CCCCC2)cc1)[C@H]1CCOC1. The molecular weight excluding hydrogens is 318 g/mol. The molecule has 0 bridgehead atoms. The Morgan fingerprint density at radius 3 is 2.72 bits per heavy atom. The summed E-state index contributed by atoms with van der Waals surface area (Å²) < 4.78 is 11.2. The predicted octanol–water partition coefficient (Wildman–Crippen LogP) is 2.80. The monoisotopic (exact) mass is 347 g/mol. The highest BCUT2D eigenvalue weighted by Crippen LogP contribution is 2.18. The number of rotatable bonds is 6. The van der Waals surface area contributed by atoms with Gasteiger partial charge in [-0.1, -0.05) is 6.42 Å². The Balaban J connectivity index is 1.41. The molecule has 2 heterocycles. The molecule has 2 aliphatic rings. The standard InChI is InChI=1S/C19H29N3O3/c1-21(17-9-13-24-15-17)19(23)20-16-5-7-18(8-6-16)25-14-12-22-10-3-2-4-11-22/h5-8,17H,2-4,9-15H2,1H3,(H,20,23)/t17-/m0/s1. The van der Waals surface area contributed by atoms with E-state index in [9.17, 15) is 4.79 Å². The van der Waals surface area contributed by atoms with Crippen LogP contribution in [0.1, 0.15) is 25.7 Å². The van der Waals surface area contributed by atoms with Gasteiger partial charge >= 0.3 is 6.03 Å². The molecule has 2 amide bonds. The van der Waals surface area contributed by atoms with Crippen molar-refractivity contribution < 1.29 is 14.3 Å². The van der Waals surface area contributed by atoms with Crippen LogP contribution in [0.25, 0.3) is 0 Å². The van der Waals surface area contributed by atoms with Crippen LogP contribution in [0.15, 0.2) is 24.3 Å². The van der Waals surface area contributed by atoms with Crippen LogP contribution in [0.4, 0.5) is 10.5 Å². The van der Waals surface area contributed by atoms with Crippen molar-refractivity contribution in [2.45, 2.75) is 31.7 Å². The molecule has 0 aromatic heterocycles. The van der Waals surface area contributed by atoms with Crippen molar-refractivity contribution in [2.75, 3.05) is 51.8 Å². The van der Waals surface area contributed by atoms with Crippen LogP contribution < -0.4 is 10.1 Å². The molecule has 138 valence electrons. The second-order valence-corrected chi connectivity index (χ2v) is 6.83. The zero-order valence-corrected chi connectivity index (χ0v) is 15.1. The number of likely N-dealkylation sites (tertiary alicyclic amines) is 1. The maximum atomic E-state index is 12.3. The van der Waals surface area contributed by atoms with Crippen LogP contribution in [-0.4, -0.2) is 68.4 Å². The number of carbonyl (C=O) groups is 1. The topological polar surface area (TPSA) is 54.0 Å². The lowest BCUT2D eigenvalue weighted by Gasteiger charge is -2.26. The third-order valence-corrected chi connectivity index (χ3v) is 5.00. The number of nitrogens with zero attached hydrogens (tertiary/aromatic N) is 2. The fraction of sp³-hybridized carbons (Fsp3) is 0.632. The van der Waals surface area contributed by atoms with E-state index < -0.39 is 0 Å². The smallest absolute Gasteiger partial charge is 0.321 e. The van der Waals surface area contributed by atoms with Crippen molar-refractivity contribution in [1.82, 2.24) is 9.80 Å². The van der Waals surface area contributed by atoms with E-state index in [1.54, 1.807) is 4.90 Å². The van der Waals surface area contributed by atoms with E-state index in [0.29, 0.717) is 13.2 Å². The van der Waals surface area contributed by atoms with Gasteiger partial charge in [0.1, 0.15) is 12.4 Å². The summed E-state index contributed by atoms with van der Waals surface area (Å²) in [5.74, 6) is 0.840. The molecule has 2 aliphatic heterocycles. The predicted molar refractivity (Wildman–Crippen MR) is 98.2 cm³/mol. The second-order valence-electron chi connectivity index (χ2n) is 6.83. The number of likely N-dealkylation sites (N-methyl/N-ethyl adjacent to an activating group) is 1. The zero-order chi connectivity index (χ0) is 17.5. The molecule has 1 atom stereocenters. The van der Waals surface area contributed by atoms with Crippen LogP contribution in [0.3, 0.4) is 0 Å². The molecular formula is C19H29N3O3. The van der Waals surface area contributed by atoms with Crippen molar-refractivity contribution in [3.05, 3.63) is 24.3 Å². The first-order valence-electron chi connectivity index (χ1n) is 9.29. The van der Waals surface area contributed by atoms with E-state index in [4.69, 9.17) is 9.47 Å². The van der Waals surface area contributed by atoms with E-state index in [1.165, 1.54) is 32.4 Å². The highest BCUT2D eigenvalue weighted by atomic mass is 16.5. The third kappa shape index (κ3) is 5.34. The van der Waals surface area contributed by atoms with Crippen LogP contribution in [0.2, 0.25) is 0 Å². The van der Waals surface area contributed by atoms with E-state index in [1.807, 2.05) is 31.3 Å². The van der Waals surface area contributed by atoms with Gasteiger partial charge in [-0.25, -0.2) is 4.79 Å². The van der Waals surface area contributed by atoms with Gasteiger partial charge in [0.25, 0.3) is 0 Å². The van der Waals surface area contributed by atoms with Crippen LogP contribution >= 0.6 is 0 Å². The molecule has 0 spiro atoms. The van der Waals surface area contributed by atoms with E-state index in [-0.39, 0.29) is 12.1 Å². The van der Waals surface area contributed by atoms with Crippen LogP contribution in [-0.2, 0) is 4.74 Å². The second kappa shape index (κ2) is 9.06. The first-order valence-corrected chi connectivity index (χ1v) is 9.29. The molecule has 0 aliphatic carbocycles. The van der Waals surface area contributed by atoms with E-state index >= 15 is 0 Å². The largest absolute Gasteiger partial charge is 0.492 e. The molecule has 0 saturated carbocycles. The van der Waals surface area contributed by atoms with Gasteiger partial charge in [0.05, 0.1) is 12.6 Å². The van der Waals surface area contributed by atoms with Crippen molar-refractivity contribution in [2.24, 2.45) is 0 Å². The van der Waals surface area contributed by atoms with Crippen LogP contribution in [0.5, 0.6) is 5.75 Å². The molecule has 6 heteroatoms. The molecule has 1 aromatic rings. The minimum Gasteiger partial charge on any atom is -0.492 e. The zero-order valence-electron chi connectivity index (χ0n) is 15.1. The van der Waals surface area contributed by atoms with Crippen molar-refractivity contribution in [3.8, 4) is 5.75 Å². The Morgan fingerprint density at radius 2 is 2.04 bits per heavy atom. The maximum Gasteiger partial charge on any atom is 0.321 e. The molecule has 0 radical (unpaired) electrons. The summed E-state index contributed by atoms with van der Waals surface area (Å²) in [6, 6.07) is 7.64. The lowest BCUT2D eigenvalue weighted by molar-refractivity contribution is 0.164. The molecule has 1 aromatic carbocycles. The number of nitrogens with one attached hydrogen (secondary N) is 1. The number of hydrogen-bond donors (Lipinski definition) is 1. The van der Waals surface area contributed by atoms with Gasteiger partial charge < -0.3 is 19.7 Å². The first-order chi connectivity index (χ1) is 12.2. The average Bonchev–Trinajstić information content (AvgIpc) is 3.18. The minimum atomic E-state index is -0.103. The molecule has 1 N–H and O–H groups in total. The molecule has 25 heavy (non-hydrogen) atoms. The Bertz CT molecular complexity index is 537. The van der Waals surface area contributed by atoms with Gasteiger partial charge in [0.2, 0.25) is 0 Å². The van der Waals surface area contributed by atoms with E-state index in [0.717, 1.165) is 31.0 Å². The lowest BCUT2D eigenvalue weighted by atomic mass is 10.1. The molecule has 3 rings (SSSR count).